The Balaban J connectivity index is 1.86. The Bertz CT molecular complexity index is 420. The zero-order valence-electron chi connectivity index (χ0n) is 11.7. The molecule has 19 heavy (non-hydrogen) atoms. The van der Waals surface area contributed by atoms with Crippen LogP contribution in [0.3, 0.4) is 0 Å². The number of aliphatic hydroxyl groups is 1. The van der Waals surface area contributed by atoms with Crippen LogP contribution in [-0.4, -0.2) is 33.0 Å². The van der Waals surface area contributed by atoms with Gasteiger partial charge in [0.1, 0.15) is 0 Å². The minimum Gasteiger partial charge on any atom is -0.394 e. The molecule has 0 aromatic carbocycles. The summed E-state index contributed by atoms with van der Waals surface area (Å²) >= 11 is 1.69. The number of hydrogen-bond donors (Lipinski definition) is 2. The summed E-state index contributed by atoms with van der Waals surface area (Å²) in [4.78, 5) is 8.85. The van der Waals surface area contributed by atoms with Gasteiger partial charge in [-0.3, -0.25) is 0 Å². The van der Waals surface area contributed by atoms with Crippen LogP contribution in [0.4, 0.5) is 0 Å². The molecule has 0 aliphatic heterocycles. The van der Waals surface area contributed by atoms with Crippen LogP contribution in [0.1, 0.15) is 37.1 Å². The molecule has 2 rings (SSSR count). The Labute approximate surface area is 119 Å². The molecule has 3 N–H and O–H groups in total. The molecule has 0 amide bonds. The molecule has 0 spiro atoms. The van der Waals surface area contributed by atoms with E-state index in [4.69, 9.17) is 5.73 Å². The molecule has 106 valence electrons. The van der Waals surface area contributed by atoms with E-state index in [0.29, 0.717) is 5.92 Å². The predicted octanol–water partition coefficient (Wildman–Crippen LogP) is 2.07. The lowest BCUT2D eigenvalue weighted by Gasteiger charge is -2.29. The molecule has 4 nitrogen and oxygen atoms in total. The smallest absolute Gasteiger partial charge is 0.187 e. The third-order valence-electron chi connectivity index (χ3n) is 3.96. The van der Waals surface area contributed by atoms with Crippen molar-refractivity contribution in [1.29, 1.82) is 0 Å². The van der Waals surface area contributed by atoms with Gasteiger partial charge in [0.15, 0.2) is 5.16 Å². The van der Waals surface area contributed by atoms with Crippen molar-refractivity contribution < 1.29 is 5.11 Å². The molecule has 1 fully saturated rings. The number of nitrogens with two attached hydrogens (primary N) is 1. The molecule has 1 saturated carbocycles. The average molecular weight is 281 g/mol. The van der Waals surface area contributed by atoms with Gasteiger partial charge in [-0.25, -0.2) is 9.97 Å². The van der Waals surface area contributed by atoms with E-state index in [1.54, 1.807) is 11.8 Å². The maximum Gasteiger partial charge on any atom is 0.187 e. The highest BCUT2D eigenvalue weighted by Crippen LogP contribution is 2.36. The first-order chi connectivity index (χ1) is 9.03. The number of aromatic nitrogens is 2. The Hall–Kier alpha value is -0.650. The third kappa shape index (κ3) is 3.68. The molecule has 0 radical (unpaired) electrons. The molecule has 0 bridgehead atoms. The Morgan fingerprint density at radius 3 is 2.74 bits per heavy atom. The summed E-state index contributed by atoms with van der Waals surface area (Å²) in [6.07, 6.45) is 4.23. The Kier molecular flexibility index (Phi) is 4.81. The second kappa shape index (κ2) is 6.20. The number of rotatable bonds is 5. The second-order valence-corrected chi connectivity index (χ2v) is 6.61. The van der Waals surface area contributed by atoms with Crippen LogP contribution in [0.2, 0.25) is 0 Å². The van der Waals surface area contributed by atoms with E-state index in [-0.39, 0.29) is 12.1 Å². The van der Waals surface area contributed by atoms with Gasteiger partial charge in [-0.15, -0.1) is 0 Å². The second-order valence-electron chi connectivity index (χ2n) is 5.55. The monoisotopic (exact) mass is 281 g/mol. The van der Waals surface area contributed by atoms with Crippen LogP contribution >= 0.6 is 11.8 Å². The lowest BCUT2D eigenvalue weighted by Crippen LogP contribution is -2.47. The summed E-state index contributed by atoms with van der Waals surface area (Å²) in [6.45, 7) is 4.08. The van der Waals surface area contributed by atoms with Gasteiger partial charge in [-0.1, -0.05) is 18.2 Å². The summed E-state index contributed by atoms with van der Waals surface area (Å²) in [5.41, 5.74) is 7.91. The molecule has 0 saturated heterocycles. The molecule has 1 heterocycles. The summed E-state index contributed by atoms with van der Waals surface area (Å²) in [5, 5.41) is 10.3. The first-order valence-corrected chi connectivity index (χ1v) is 7.87. The quantitative estimate of drug-likeness (QED) is 0.638. The van der Waals surface area contributed by atoms with Crippen LogP contribution < -0.4 is 5.73 Å². The van der Waals surface area contributed by atoms with Crippen molar-refractivity contribution in [3.05, 3.63) is 17.5 Å². The van der Waals surface area contributed by atoms with Crippen LogP contribution in [0, 0.1) is 19.8 Å². The normalized spacial score (nSPS) is 26.8. The maximum absolute atomic E-state index is 9.43. The molecule has 2 unspecified atom stereocenters. The van der Waals surface area contributed by atoms with Gasteiger partial charge < -0.3 is 10.8 Å². The molecule has 1 aliphatic rings. The molecular formula is C14H23N3OS. The number of thioether (sulfide) groups is 1. The first-order valence-electron chi connectivity index (χ1n) is 6.88. The van der Waals surface area contributed by atoms with Crippen molar-refractivity contribution in [3.8, 4) is 0 Å². The molecule has 1 aromatic rings. The summed E-state index contributed by atoms with van der Waals surface area (Å²) < 4.78 is 0. The highest BCUT2D eigenvalue weighted by molar-refractivity contribution is 7.99. The van der Waals surface area contributed by atoms with Crippen molar-refractivity contribution in [3.63, 3.8) is 0 Å². The number of nitrogens with zero attached hydrogens (tertiary/aromatic N) is 2. The zero-order chi connectivity index (χ0) is 13.9. The van der Waals surface area contributed by atoms with Crippen molar-refractivity contribution in [2.75, 3.05) is 12.4 Å². The van der Waals surface area contributed by atoms with Crippen molar-refractivity contribution in [2.45, 2.75) is 50.2 Å². The standard InChI is InChI=1S/C14H23N3OS/c1-10-8-11(2)17-13(16-10)19-7-5-12-4-3-6-14(12,15)9-18/h8,12,18H,3-7,9,15H2,1-2H3. The van der Waals surface area contributed by atoms with Crippen LogP contribution in [-0.2, 0) is 0 Å². The minimum absolute atomic E-state index is 0.0996. The molecule has 2 atom stereocenters. The number of aryl methyl sites for hydroxylation is 2. The lowest BCUT2D eigenvalue weighted by molar-refractivity contribution is 0.158. The Morgan fingerprint density at radius 2 is 2.11 bits per heavy atom. The van der Waals surface area contributed by atoms with Gasteiger partial charge in [-0.05, 0) is 45.1 Å². The first kappa shape index (κ1) is 14.8. The predicted molar refractivity (Wildman–Crippen MR) is 78.2 cm³/mol. The summed E-state index contributed by atoms with van der Waals surface area (Å²) in [7, 11) is 0. The van der Waals surface area contributed by atoms with Crippen molar-refractivity contribution in [2.24, 2.45) is 11.7 Å². The number of hydrogen-bond acceptors (Lipinski definition) is 5. The Morgan fingerprint density at radius 1 is 1.42 bits per heavy atom. The average Bonchev–Trinajstić information content (AvgIpc) is 2.71. The fourth-order valence-corrected chi connectivity index (χ4v) is 3.86. The minimum atomic E-state index is -0.357. The van der Waals surface area contributed by atoms with E-state index in [2.05, 4.69) is 9.97 Å². The van der Waals surface area contributed by atoms with Gasteiger partial charge in [0.25, 0.3) is 0 Å². The fraction of sp³-hybridized carbons (Fsp3) is 0.714. The summed E-state index contributed by atoms with van der Waals surface area (Å²) in [5.74, 6) is 1.39. The van der Waals surface area contributed by atoms with Gasteiger partial charge in [0.05, 0.1) is 6.61 Å². The summed E-state index contributed by atoms with van der Waals surface area (Å²) in [6, 6.07) is 1.98. The highest BCUT2D eigenvalue weighted by Gasteiger charge is 2.38. The molecule has 1 aromatic heterocycles. The highest BCUT2D eigenvalue weighted by atomic mass is 32.2. The SMILES string of the molecule is Cc1cc(C)nc(SCCC2CCCC2(N)CO)n1. The van der Waals surface area contributed by atoms with Gasteiger partial charge in [0, 0.05) is 22.7 Å². The third-order valence-corrected chi connectivity index (χ3v) is 4.84. The van der Waals surface area contributed by atoms with Crippen LogP contribution in [0.15, 0.2) is 11.2 Å². The lowest BCUT2D eigenvalue weighted by atomic mass is 9.87. The van der Waals surface area contributed by atoms with Gasteiger partial charge in [0.2, 0.25) is 0 Å². The van der Waals surface area contributed by atoms with Crippen LogP contribution in [0.5, 0.6) is 0 Å². The van der Waals surface area contributed by atoms with E-state index < -0.39 is 0 Å². The maximum atomic E-state index is 9.43. The van der Waals surface area contributed by atoms with E-state index in [1.807, 2.05) is 19.9 Å². The molecule has 1 aliphatic carbocycles. The van der Waals surface area contributed by atoms with Gasteiger partial charge >= 0.3 is 0 Å². The van der Waals surface area contributed by atoms with Crippen molar-refractivity contribution >= 4 is 11.8 Å². The van der Waals surface area contributed by atoms with E-state index >= 15 is 0 Å². The molecular weight excluding hydrogens is 258 g/mol. The topological polar surface area (TPSA) is 72.0 Å². The fourth-order valence-electron chi connectivity index (χ4n) is 2.86. The van der Waals surface area contributed by atoms with Gasteiger partial charge in [-0.2, -0.15) is 0 Å². The van der Waals surface area contributed by atoms with E-state index in [1.165, 1.54) is 0 Å². The molecule has 5 heteroatoms. The number of aliphatic hydroxyl groups excluding tert-OH is 1. The van der Waals surface area contributed by atoms with Crippen molar-refractivity contribution in [1.82, 2.24) is 9.97 Å². The van der Waals surface area contributed by atoms with Crippen LogP contribution in [0.25, 0.3) is 0 Å². The zero-order valence-corrected chi connectivity index (χ0v) is 12.5. The largest absolute Gasteiger partial charge is 0.394 e. The van der Waals surface area contributed by atoms with E-state index in [9.17, 15) is 5.11 Å². The van der Waals surface area contributed by atoms with E-state index in [0.717, 1.165) is 48.0 Å².